The first-order valence-electron chi connectivity index (χ1n) is 7.05. The first-order chi connectivity index (χ1) is 11.5. The van der Waals surface area contributed by atoms with Gasteiger partial charge in [0.1, 0.15) is 11.5 Å². The number of ether oxygens (including phenoxy) is 2. The molecule has 2 rings (SSSR count). The van der Waals surface area contributed by atoms with Crippen LogP contribution in [0.1, 0.15) is 12.5 Å². The van der Waals surface area contributed by atoms with E-state index in [0.717, 1.165) is 0 Å². The van der Waals surface area contributed by atoms with Crippen molar-refractivity contribution < 1.29 is 14.3 Å². The van der Waals surface area contributed by atoms with Crippen LogP contribution in [0.3, 0.4) is 0 Å². The Kier molecular flexibility index (Phi) is 6.46. The number of carbonyl (C=O) groups excluding carboxylic acids is 1. The molecule has 0 atom stereocenters. The maximum atomic E-state index is 11.8. The number of amides is 1. The summed E-state index contributed by atoms with van der Waals surface area (Å²) in [5.74, 6) is 0.898. The summed E-state index contributed by atoms with van der Waals surface area (Å²) in [5.41, 5.74) is 3.68. The van der Waals surface area contributed by atoms with Crippen molar-refractivity contribution >= 4 is 34.8 Å². The van der Waals surface area contributed by atoms with E-state index >= 15 is 0 Å². The molecule has 0 aromatic heterocycles. The van der Waals surface area contributed by atoms with Crippen molar-refractivity contribution in [2.24, 2.45) is 5.10 Å². The topological polar surface area (TPSA) is 59.9 Å². The minimum absolute atomic E-state index is 0.155. The lowest BCUT2D eigenvalue weighted by molar-refractivity contribution is -0.123. The molecule has 1 N–H and O–H groups in total. The molecule has 0 aliphatic rings. The summed E-state index contributed by atoms with van der Waals surface area (Å²) >= 11 is 11.9. The Morgan fingerprint density at radius 2 is 1.79 bits per heavy atom. The quantitative estimate of drug-likeness (QED) is 0.622. The van der Waals surface area contributed by atoms with E-state index in [1.165, 1.54) is 0 Å². The Labute approximate surface area is 150 Å². The van der Waals surface area contributed by atoms with Gasteiger partial charge in [-0.25, -0.2) is 5.43 Å². The highest BCUT2D eigenvalue weighted by molar-refractivity contribution is 6.37. The van der Waals surface area contributed by atoms with Gasteiger partial charge in [-0.05, 0) is 43.3 Å². The summed E-state index contributed by atoms with van der Waals surface area (Å²) in [6.45, 7) is 1.58. The van der Waals surface area contributed by atoms with Gasteiger partial charge in [-0.2, -0.15) is 5.10 Å². The Morgan fingerprint density at radius 1 is 1.12 bits per heavy atom. The first kappa shape index (κ1) is 18.1. The summed E-state index contributed by atoms with van der Waals surface area (Å²) in [6.07, 6.45) is 0. The van der Waals surface area contributed by atoms with Crippen LogP contribution in [0.5, 0.6) is 11.5 Å². The fourth-order valence-corrected chi connectivity index (χ4v) is 2.39. The smallest absolute Gasteiger partial charge is 0.277 e. The molecule has 7 heteroatoms. The van der Waals surface area contributed by atoms with Gasteiger partial charge in [0.15, 0.2) is 6.61 Å². The Morgan fingerprint density at radius 3 is 2.42 bits per heavy atom. The first-order valence-corrected chi connectivity index (χ1v) is 7.80. The summed E-state index contributed by atoms with van der Waals surface area (Å²) < 4.78 is 10.4. The van der Waals surface area contributed by atoms with Crippen LogP contribution in [0.25, 0.3) is 0 Å². The highest BCUT2D eigenvalue weighted by Gasteiger charge is 2.06. The van der Waals surface area contributed by atoms with Crippen LogP contribution in [-0.2, 0) is 4.79 Å². The third-order valence-corrected chi connectivity index (χ3v) is 3.65. The largest absolute Gasteiger partial charge is 0.497 e. The Balaban J connectivity index is 1.89. The third kappa shape index (κ3) is 5.15. The van der Waals surface area contributed by atoms with Crippen molar-refractivity contribution in [2.75, 3.05) is 13.7 Å². The number of hydrogen-bond acceptors (Lipinski definition) is 4. The van der Waals surface area contributed by atoms with E-state index in [1.54, 1.807) is 56.5 Å². The van der Waals surface area contributed by atoms with Crippen molar-refractivity contribution in [3.05, 3.63) is 58.1 Å². The molecule has 0 heterocycles. The van der Waals surface area contributed by atoms with Crippen molar-refractivity contribution in [3.8, 4) is 11.5 Å². The van der Waals surface area contributed by atoms with Crippen LogP contribution in [0.2, 0.25) is 10.0 Å². The predicted octanol–water partition coefficient (Wildman–Crippen LogP) is 3.92. The number of methoxy groups -OCH3 is 1. The second-order valence-corrected chi connectivity index (χ2v) is 5.66. The third-order valence-electron chi connectivity index (χ3n) is 3.10. The number of carbonyl (C=O) groups is 1. The van der Waals surface area contributed by atoms with E-state index in [9.17, 15) is 4.79 Å². The highest BCUT2D eigenvalue weighted by Crippen LogP contribution is 2.21. The number of nitrogens with one attached hydrogen (secondary N) is 1. The fourth-order valence-electron chi connectivity index (χ4n) is 1.84. The van der Waals surface area contributed by atoms with Crippen LogP contribution < -0.4 is 14.9 Å². The second kappa shape index (κ2) is 8.57. The molecule has 126 valence electrons. The molecule has 0 bridgehead atoms. The summed E-state index contributed by atoms with van der Waals surface area (Å²) in [7, 11) is 1.58. The molecule has 1 amide bonds. The zero-order valence-corrected chi connectivity index (χ0v) is 14.7. The normalized spacial score (nSPS) is 11.1. The van der Waals surface area contributed by atoms with Gasteiger partial charge in [-0.15, -0.1) is 0 Å². The molecule has 2 aromatic rings. The zero-order chi connectivity index (χ0) is 17.5. The fraction of sp³-hybridized carbons (Fsp3) is 0.176. The lowest BCUT2D eigenvalue weighted by Gasteiger charge is -2.07. The number of hydrazone groups is 1. The minimum Gasteiger partial charge on any atom is -0.497 e. The van der Waals surface area contributed by atoms with E-state index in [1.807, 2.05) is 0 Å². The molecule has 2 aromatic carbocycles. The molecule has 0 saturated heterocycles. The molecule has 0 unspecified atom stereocenters. The summed E-state index contributed by atoms with van der Waals surface area (Å²) in [6, 6.07) is 12.0. The van der Waals surface area contributed by atoms with Crippen LogP contribution in [0, 0.1) is 0 Å². The number of halogens is 2. The number of rotatable bonds is 6. The second-order valence-electron chi connectivity index (χ2n) is 4.82. The molecular formula is C17H16Cl2N2O3. The highest BCUT2D eigenvalue weighted by atomic mass is 35.5. The van der Waals surface area contributed by atoms with Crippen molar-refractivity contribution in [3.63, 3.8) is 0 Å². The van der Waals surface area contributed by atoms with E-state index in [-0.39, 0.29) is 12.5 Å². The lowest BCUT2D eigenvalue weighted by atomic mass is 10.1. The molecule has 0 spiro atoms. The van der Waals surface area contributed by atoms with Gasteiger partial charge >= 0.3 is 0 Å². The van der Waals surface area contributed by atoms with E-state index < -0.39 is 0 Å². The monoisotopic (exact) mass is 366 g/mol. The lowest BCUT2D eigenvalue weighted by Crippen LogP contribution is -2.25. The number of benzene rings is 2. The van der Waals surface area contributed by atoms with Crippen molar-refractivity contribution in [1.82, 2.24) is 5.43 Å². The van der Waals surface area contributed by atoms with Crippen LogP contribution in [0.4, 0.5) is 0 Å². The zero-order valence-electron chi connectivity index (χ0n) is 13.2. The summed E-state index contributed by atoms with van der Waals surface area (Å²) in [4.78, 5) is 11.8. The molecule has 0 saturated carbocycles. The molecule has 24 heavy (non-hydrogen) atoms. The van der Waals surface area contributed by atoms with Crippen LogP contribution in [0.15, 0.2) is 47.6 Å². The molecule has 5 nitrogen and oxygen atoms in total. The van der Waals surface area contributed by atoms with Gasteiger partial charge in [0.25, 0.3) is 5.91 Å². The standard InChI is InChI=1S/C17H16Cl2N2O3/c1-11(15-8-3-12(18)9-16(15)19)20-21-17(22)10-24-14-6-4-13(23-2)5-7-14/h3-9H,10H2,1-2H3,(H,21,22)/b20-11+. The van der Waals surface area contributed by atoms with Crippen LogP contribution in [-0.4, -0.2) is 25.3 Å². The average molecular weight is 367 g/mol. The molecular weight excluding hydrogens is 351 g/mol. The van der Waals surface area contributed by atoms with Gasteiger partial charge in [0, 0.05) is 10.6 Å². The van der Waals surface area contributed by atoms with Gasteiger partial charge in [0.2, 0.25) is 0 Å². The van der Waals surface area contributed by atoms with Crippen molar-refractivity contribution in [1.29, 1.82) is 0 Å². The average Bonchev–Trinajstić information content (AvgIpc) is 2.58. The van der Waals surface area contributed by atoms with Gasteiger partial charge in [0.05, 0.1) is 17.8 Å². The van der Waals surface area contributed by atoms with Gasteiger partial charge < -0.3 is 9.47 Å². The van der Waals surface area contributed by atoms with Crippen LogP contribution >= 0.6 is 23.2 Å². The molecule has 0 fully saturated rings. The summed E-state index contributed by atoms with van der Waals surface area (Å²) in [5, 5.41) is 5.01. The molecule has 0 aliphatic heterocycles. The van der Waals surface area contributed by atoms with Gasteiger partial charge in [-0.3, -0.25) is 4.79 Å². The Bertz CT molecular complexity index is 746. The van der Waals surface area contributed by atoms with Crippen molar-refractivity contribution in [2.45, 2.75) is 6.92 Å². The van der Waals surface area contributed by atoms with E-state index in [0.29, 0.717) is 32.8 Å². The van der Waals surface area contributed by atoms with E-state index in [4.69, 9.17) is 32.7 Å². The molecule has 0 radical (unpaired) electrons. The number of hydrogen-bond donors (Lipinski definition) is 1. The Hall–Kier alpha value is -2.24. The minimum atomic E-state index is -0.379. The maximum absolute atomic E-state index is 11.8. The molecule has 0 aliphatic carbocycles. The van der Waals surface area contributed by atoms with E-state index in [2.05, 4.69) is 10.5 Å². The maximum Gasteiger partial charge on any atom is 0.277 e. The SMILES string of the molecule is COc1ccc(OCC(=O)N/N=C(\C)c2ccc(Cl)cc2Cl)cc1. The number of nitrogens with zero attached hydrogens (tertiary/aromatic N) is 1. The predicted molar refractivity (Wildman–Crippen MR) is 95.3 cm³/mol. The van der Waals surface area contributed by atoms with Gasteiger partial charge in [-0.1, -0.05) is 29.3 Å².